The molecule has 0 bridgehead atoms. The van der Waals surface area contributed by atoms with E-state index in [1.165, 1.54) is 5.69 Å². The Balaban J connectivity index is 1.13. The van der Waals surface area contributed by atoms with Crippen LogP contribution >= 0.6 is 0 Å². The number of hydrogen-bond acceptors (Lipinski definition) is 8. The van der Waals surface area contributed by atoms with Gasteiger partial charge in [-0.2, -0.15) is 0 Å². The number of rotatable bonds is 6. The number of ether oxygens (including phenoxy) is 2. The smallest absolute Gasteiger partial charge is 0.323 e. The number of urea groups is 1. The van der Waals surface area contributed by atoms with Crippen LogP contribution in [0, 0.1) is 0 Å². The molecular weight excluding hydrogens is 530 g/mol. The van der Waals surface area contributed by atoms with Crippen molar-refractivity contribution in [3.8, 4) is 11.4 Å². The van der Waals surface area contributed by atoms with Gasteiger partial charge in [0.25, 0.3) is 0 Å². The second kappa shape index (κ2) is 13.1. The van der Waals surface area contributed by atoms with E-state index in [4.69, 9.17) is 19.4 Å². The Hall–Kier alpha value is -3.73. The Labute approximate surface area is 248 Å². The summed E-state index contributed by atoms with van der Waals surface area (Å²) in [4.78, 5) is 29.8. The predicted octanol–water partition coefficient (Wildman–Crippen LogP) is 4.66. The van der Waals surface area contributed by atoms with Crippen LogP contribution in [0.5, 0.6) is 0 Å². The molecule has 3 aromatic rings. The molecule has 1 atom stereocenters. The SMILES string of the molecule is C[C@@H]1COCCN1c1cc(C2CCOCC2)nc(-c2ccc(NC(=O)Nc3ccc(N4CCN(C)CC4)cc3)cc2)n1. The molecule has 0 radical (unpaired) electrons. The summed E-state index contributed by atoms with van der Waals surface area (Å²) in [5.74, 6) is 2.00. The molecule has 3 aliphatic heterocycles. The molecule has 10 nitrogen and oxygen atoms in total. The van der Waals surface area contributed by atoms with Crippen LogP contribution in [0.25, 0.3) is 11.4 Å². The minimum absolute atomic E-state index is 0.247. The highest BCUT2D eigenvalue weighted by molar-refractivity contribution is 5.99. The lowest BCUT2D eigenvalue weighted by atomic mass is 9.96. The van der Waals surface area contributed by atoms with Crippen LogP contribution in [0.4, 0.5) is 27.7 Å². The molecule has 2 amide bonds. The predicted molar refractivity (Wildman–Crippen MR) is 167 cm³/mol. The number of nitrogens with zero attached hydrogens (tertiary/aromatic N) is 5. The highest BCUT2D eigenvalue weighted by Crippen LogP contribution is 2.31. The molecule has 3 aliphatic rings. The van der Waals surface area contributed by atoms with Crippen molar-refractivity contribution in [3.63, 3.8) is 0 Å². The van der Waals surface area contributed by atoms with Gasteiger partial charge in [0.05, 0.1) is 19.3 Å². The van der Waals surface area contributed by atoms with Crippen molar-refractivity contribution in [2.45, 2.75) is 31.7 Å². The molecule has 6 rings (SSSR count). The molecule has 42 heavy (non-hydrogen) atoms. The monoisotopic (exact) mass is 571 g/mol. The van der Waals surface area contributed by atoms with E-state index < -0.39 is 0 Å². The van der Waals surface area contributed by atoms with E-state index in [2.05, 4.69) is 57.5 Å². The topological polar surface area (TPSA) is 95.1 Å². The number of anilines is 4. The number of benzene rings is 2. The largest absolute Gasteiger partial charge is 0.381 e. The third-order valence-electron chi connectivity index (χ3n) is 8.43. The van der Waals surface area contributed by atoms with Gasteiger partial charge in [0.15, 0.2) is 5.82 Å². The Morgan fingerprint density at radius 2 is 1.50 bits per heavy atom. The van der Waals surface area contributed by atoms with Gasteiger partial charge >= 0.3 is 6.03 Å². The number of piperazine rings is 1. The highest BCUT2D eigenvalue weighted by atomic mass is 16.5. The van der Waals surface area contributed by atoms with Crippen LogP contribution in [0.2, 0.25) is 0 Å². The van der Waals surface area contributed by atoms with Gasteiger partial charge in [0, 0.05) is 86.2 Å². The molecule has 3 saturated heterocycles. The normalized spacial score (nSPS) is 20.4. The molecule has 1 aromatic heterocycles. The van der Waals surface area contributed by atoms with E-state index in [1.807, 2.05) is 36.4 Å². The quantitative estimate of drug-likeness (QED) is 0.441. The third-order valence-corrected chi connectivity index (χ3v) is 8.43. The molecule has 2 N–H and O–H groups in total. The number of aromatic nitrogens is 2. The molecular formula is C32H41N7O3. The average Bonchev–Trinajstić information content (AvgIpc) is 3.03. The second-order valence-corrected chi connectivity index (χ2v) is 11.5. The Bertz CT molecular complexity index is 1340. The second-order valence-electron chi connectivity index (χ2n) is 11.5. The minimum atomic E-state index is -0.281. The van der Waals surface area contributed by atoms with E-state index in [-0.39, 0.29) is 12.1 Å². The lowest BCUT2D eigenvalue weighted by molar-refractivity contribution is 0.0844. The number of likely N-dealkylation sites (N-methyl/N-ethyl adjacent to an activating group) is 1. The van der Waals surface area contributed by atoms with Crippen molar-refractivity contribution in [1.29, 1.82) is 0 Å². The van der Waals surface area contributed by atoms with Gasteiger partial charge in [-0.3, -0.25) is 0 Å². The van der Waals surface area contributed by atoms with Gasteiger partial charge in [-0.05, 0) is 75.3 Å². The first-order valence-corrected chi connectivity index (χ1v) is 15.0. The van der Waals surface area contributed by atoms with Crippen molar-refractivity contribution >= 4 is 28.9 Å². The highest BCUT2D eigenvalue weighted by Gasteiger charge is 2.25. The van der Waals surface area contributed by atoms with Crippen LogP contribution in [-0.4, -0.2) is 93.1 Å². The number of amides is 2. The molecule has 0 aliphatic carbocycles. The molecule has 10 heteroatoms. The maximum Gasteiger partial charge on any atom is 0.323 e. The summed E-state index contributed by atoms with van der Waals surface area (Å²) in [7, 11) is 2.15. The van der Waals surface area contributed by atoms with Crippen LogP contribution in [0.15, 0.2) is 54.6 Å². The fraction of sp³-hybridized carbons (Fsp3) is 0.469. The average molecular weight is 572 g/mol. The van der Waals surface area contributed by atoms with E-state index in [9.17, 15) is 4.79 Å². The number of morpholine rings is 1. The number of hydrogen-bond donors (Lipinski definition) is 2. The first-order valence-electron chi connectivity index (χ1n) is 15.0. The summed E-state index contributed by atoms with van der Waals surface area (Å²) >= 11 is 0. The maximum atomic E-state index is 12.7. The Morgan fingerprint density at radius 1 is 0.833 bits per heavy atom. The van der Waals surface area contributed by atoms with E-state index >= 15 is 0 Å². The van der Waals surface area contributed by atoms with E-state index in [1.54, 1.807) is 0 Å². The lowest BCUT2D eigenvalue weighted by Gasteiger charge is -2.35. The fourth-order valence-electron chi connectivity index (χ4n) is 5.82. The summed E-state index contributed by atoms with van der Waals surface area (Å²) < 4.78 is 11.3. The standard InChI is InChI=1S/C32H41N7O3/c1-23-22-42-20-17-39(23)30-21-29(24-11-18-41-19-12-24)35-31(36-30)25-3-5-26(6-4-25)33-32(40)34-27-7-9-28(10-8-27)38-15-13-37(2)14-16-38/h3-10,21,23-24H,11-20,22H2,1-2H3,(H2,33,34,40)/t23-/m1/s1. The third kappa shape index (κ3) is 6.83. The van der Waals surface area contributed by atoms with Crippen molar-refractivity contribution in [1.82, 2.24) is 14.9 Å². The van der Waals surface area contributed by atoms with Gasteiger partial charge < -0.3 is 34.8 Å². The molecule has 0 unspecified atom stereocenters. The summed E-state index contributed by atoms with van der Waals surface area (Å²) in [6.07, 6.45) is 1.93. The first kappa shape index (κ1) is 28.4. The summed E-state index contributed by atoms with van der Waals surface area (Å²) in [5, 5.41) is 5.88. The maximum absolute atomic E-state index is 12.7. The zero-order valence-corrected chi connectivity index (χ0v) is 24.6. The van der Waals surface area contributed by atoms with E-state index in [0.717, 1.165) is 81.5 Å². The van der Waals surface area contributed by atoms with Crippen LogP contribution in [0.1, 0.15) is 31.4 Å². The van der Waals surface area contributed by atoms with E-state index in [0.29, 0.717) is 30.6 Å². The molecule has 0 spiro atoms. The van der Waals surface area contributed by atoms with Crippen molar-refractivity contribution in [3.05, 3.63) is 60.3 Å². The summed E-state index contributed by atoms with van der Waals surface area (Å²) in [5.41, 5.74) is 4.62. The number of carbonyl (C=O) groups excluding carboxylic acids is 1. The van der Waals surface area contributed by atoms with Gasteiger partial charge in [-0.15, -0.1) is 0 Å². The first-order chi connectivity index (χ1) is 20.5. The summed E-state index contributed by atoms with van der Waals surface area (Å²) in [6, 6.07) is 17.9. The lowest BCUT2D eigenvalue weighted by Crippen LogP contribution is -2.44. The fourth-order valence-corrected chi connectivity index (χ4v) is 5.82. The van der Waals surface area contributed by atoms with Gasteiger partial charge in [-0.1, -0.05) is 0 Å². The zero-order chi connectivity index (χ0) is 28.9. The van der Waals surface area contributed by atoms with Gasteiger partial charge in [0.2, 0.25) is 0 Å². The molecule has 0 saturated carbocycles. The number of nitrogens with one attached hydrogen (secondary N) is 2. The van der Waals surface area contributed by atoms with Crippen LogP contribution in [0.3, 0.4) is 0 Å². The van der Waals surface area contributed by atoms with Crippen LogP contribution < -0.4 is 20.4 Å². The Morgan fingerprint density at radius 3 is 2.17 bits per heavy atom. The molecule has 2 aromatic carbocycles. The van der Waals surface area contributed by atoms with Crippen molar-refractivity contribution < 1.29 is 14.3 Å². The number of carbonyl (C=O) groups is 1. The van der Waals surface area contributed by atoms with Crippen molar-refractivity contribution in [2.24, 2.45) is 0 Å². The molecule has 4 heterocycles. The Kier molecular flexibility index (Phi) is 8.83. The summed E-state index contributed by atoms with van der Waals surface area (Å²) in [6.45, 7) is 10.0. The molecule has 3 fully saturated rings. The zero-order valence-electron chi connectivity index (χ0n) is 24.6. The van der Waals surface area contributed by atoms with Gasteiger partial charge in [0.1, 0.15) is 5.82 Å². The minimum Gasteiger partial charge on any atom is -0.381 e. The van der Waals surface area contributed by atoms with Gasteiger partial charge in [-0.25, -0.2) is 14.8 Å². The molecule has 222 valence electrons. The van der Waals surface area contributed by atoms with Crippen molar-refractivity contribution in [2.75, 3.05) is 86.6 Å². The van der Waals surface area contributed by atoms with Crippen LogP contribution in [-0.2, 0) is 9.47 Å².